The third-order valence-electron chi connectivity index (χ3n) is 4.54. The molecule has 0 fully saturated rings. The molecule has 0 bridgehead atoms. The standard InChI is InChI=1S/C20H21N3O2/c1-13-18(16-4-3-10-22-12-16)19(20(21)25)14(2)23(13)11-9-15-5-7-17(24)8-6-15/h3-8,10,12,24H,9,11H2,1-2H3,(H2,21,25). The van der Waals surface area contributed by atoms with Crippen molar-refractivity contribution in [2.24, 2.45) is 5.73 Å². The van der Waals surface area contributed by atoms with Crippen molar-refractivity contribution in [3.8, 4) is 16.9 Å². The van der Waals surface area contributed by atoms with Gasteiger partial charge in [-0.2, -0.15) is 0 Å². The molecule has 0 atom stereocenters. The van der Waals surface area contributed by atoms with Gasteiger partial charge in [0.2, 0.25) is 0 Å². The number of carbonyl (C=O) groups is 1. The minimum Gasteiger partial charge on any atom is -0.508 e. The van der Waals surface area contributed by atoms with Gasteiger partial charge < -0.3 is 15.4 Å². The molecular formula is C20H21N3O2. The highest BCUT2D eigenvalue weighted by Gasteiger charge is 2.22. The summed E-state index contributed by atoms with van der Waals surface area (Å²) in [5, 5.41) is 9.39. The predicted octanol–water partition coefficient (Wildman–Crippen LogP) is 3.21. The van der Waals surface area contributed by atoms with Gasteiger partial charge in [-0.05, 0) is 44.0 Å². The van der Waals surface area contributed by atoms with Gasteiger partial charge in [0.1, 0.15) is 5.75 Å². The molecule has 5 heteroatoms. The Kier molecular flexibility index (Phi) is 4.57. The Morgan fingerprint density at radius 1 is 1.16 bits per heavy atom. The number of primary amides is 1. The van der Waals surface area contributed by atoms with Gasteiger partial charge in [0.25, 0.3) is 5.91 Å². The Balaban J connectivity index is 2.00. The highest BCUT2D eigenvalue weighted by atomic mass is 16.3. The molecule has 5 nitrogen and oxygen atoms in total. The first-order valence-electron chi connectivity index (χ1n) is 8.17. The van der Waals surface area contributed by atoms with E-state index in [1.807, 2.05) is 38.1 Å². The van der Waals surface area contributed by atoms with Crippen LogP contribution in [0.15, 0.2) is 48.8 Å². The fourth-order valence-corrected chi connectivity index (χ4v) is 3.29. The maximum absolute atomic E-state index is 12.1. The molecule has 25 heavy (non-hydrogen) atoms. The SMILES string of the molecule is Cc1c(C(N)=O)c(-c2cccnc2)c(C)n1CCc1ccc(O)cc1. The molecule has 0 saturated carbocycles. The maximum Gasteiger partial charge on any atom is 0.251 e. The van der Waals surface area contributed by atoms with Gasteiger partial charge in [-0.1, -0.05) is 18.2 Å². The number of nitrogens with zero attached hydrogens (tertiary/aromatic N) is 2. The van der Waals surface area contributed by atoms with Crippen molar-refractivity contribution >= 4 is 5.91 Å². The van der Waals surface area contributed by atoms with Crippen molar-refractivity contribution in [2.45, 2.75) is 26.8 Å². The van der Waals surface area contributed by atoms with Crippen LogP contribution in [0.5, 0.6) is 5.75 Å². The van der Waals surface area contributed by atoms with Crippen LogP contribution < -0.4 is 5.73 Å². The predicted molar refractivity (Wildman–Crippen MR) is 97.5 cm³/mol. The number of pyridine rings is 1. The minimum atomic E-state index is -0.428. The summed E-state index contributed by atoms with van der Waals surface area (Å²) < 4.78 is 2.12. The Morgan fingerprint density at radius 2 is 1.88 bits per heavy atom. The van der Waals surface area contributed by atoms with E-state index in [4.69, 9.17) is 5.73 Å². The zero-order valence-corrected chi connectivity index (χ0v) is 14.4. The second-order valence-corrected chi connectivity index (χ2v) is 6.09. The Bertz CT molecular complexity index is 897. The molecule has 0 unspecified atom stereocenters. The molecule has 0 aliphatic rings. The molecule has 1 amide bonds. The monoisotopic (exact) mass is 335 g/mol. The zero-order valence-electron chi connectivity index (χ0n) is 14.4. The van der Waals surface area contributed by atoms with E-state index < -0.39 is 5.91 Å². The quantitative estimate of drug-likeness (QED) is 0.751. The summed E-state index contributed by atoms with van der Waals surface area (Å²) in [6, 6.07) is 11.0. The topological polar surface area (TPSA) is 81.1 Å². The molecule has 3 N–H and O–H groups in total. The van der Waals surface area contributed by atoms with Gasteiger partial charge >= 0.3 is 0 Å². The second kappa shape index (κ2) is 6.81. The van der Waals surface area contributed by atoms with Crippen molar-refractivity contribution in [1.82, 2.24) is 9.55 Å². The average Bonchev–Trinajstić information content (AvgIpc) is 2.86. The van der Waals surface area contributed by atoms with Crippen LogP contribution in [0.2, 0.25) is 0 Å². The summed E-state index contributed by atoms with van der Waals surface area (Å²) in [5.74, 6) is -0.171. The van der Waals surface area contributed by atoms with Crippen LogP contribution in [0.4, 0.5) is 0 Å². The van der Waals surface area contributed by atoms with Gasteiger partial charge in [-0.15, -0.1) is 0 Å². The van der Waals surface area contributed by atoms with E-state index in [1.165, 1.54) is 0 Å². The molecule has 3 rings (SSSR count). The number of phenols is 1. The van der Waals surface area contributed by atoms with Crippen LogP contribution >= 0.6 is 0 Å². The Labute approximate surface area is 146 Å². The molecular weight excluding hydrogens is 314 g/mol. The number of carbonyl (C=O) groups excluding carboxylic acids is 1. The fourth-order valence-electron chi connectivity index (χ4n) is 3.29. The number of hydrogen-bond donors (Lipinski definition) is 2. The van der Waals surface area contributed by atoms with Crippen molar-refractivity contribution in [2.75, 3.05) is 0 Å². The van der Waals surface area contributed by atoms with Crippen LogP contribution in [-0.2, 0) is 13.0 Å². The molecule has 0 saturated heterocycles. The van der Waals surface area contributed by atoms with Gasteiger partial charge in [0.15, 0.2) is 0 Å². The molecule has 0 aliphatic carbocycles. The normalized spacial score (nSPS) is 10.8. The number of nitrogens with two attached hydrogens (primary N) is 1. The van der Waals surface area contributed by atoms with Crippen LogP contribution in [0, 0.1) is 13.8 Å². The van der Waals surface area contributed by atoms with Gasteiger partial charge in [0.05, 0.1) is 5.56 Å². The number of hydrogen-bond acceptors (Lipinski definition) is 3. The molecule has 128 valence electrons. The van der Waals surface area contributed by atoms with Crippen LogP contribution in [0.1, 0.15) is 27.3 Å². The van der Waals surface area contributed by atoms with E-state index >= 15 is 0 Å². The van der Waals surface area contributed by atoms with Gasteiger partial charge in [-0.3, -0.25) is 9.78 Å². The minimum absolute atomic E-state index is 0.256. The van der Waals surface area contributed by atoms with E-state index in [0.29, 0.717) is 5.56 Å². The van der Waals surface area contributed by atoms with E-state index in [1.54, 1.807) is 24.5 Å². The number of phenolic OH excluding ortho intramolecular Hbond substituents is 1. The van der Waals surface area contributed by atoms with Gasteiger partial charge in [0, 0.05) is 41.5 Å². The first kappa shape index (κ1) is 16.8. The van der Waals surface area contributed by atoms with Crippen LogP contribution in [0.25, 0.3) is 11.1 Å². The van der Waals surface area contributed by atoms with Crippen molar-refractivity contribution in [3.05, 3.63) is 71.3 Å². The lowest BCUT2D eigenvalue weighted by atomic mass is 10.0. The number of benzene rings is 1. The smallest absolute Gasteiger partial charge is 0.251 e. The van der Waals surface area contributed by atoms with Gasteiger partial charge in [-0.25, -0.2) is 0 Å². The summed E-state index contributed by atoms with van der Waals surface area (Å²) in [6.07, 6.45) is 4.25. The first-order valence-corrected chi connectivity index (χ1v) is 8.17. The van der Waals surface area contributed by atoms with E-state index in [9.17, 15) is 9.90 Å². The lowest BCUT2D eigenvalue weighted by molar-refractivity contribution is 0.1000. The highest BCUT2D eigenvalue weighted by Crippen LogP contribution is 2.32. The number of rotatable bonds is 5. The second-order valence-electron chi connectivity index (χ2n) is 6.09. The summed E-state index contributed by atoms with van der Waals surface area (Å²) >= 11 is 0. The van der Waals surface area contributed by atoms with Crippen LogP contribution in [-0.4, -0.2) is 20.6 Å². The molecule has 0 aliphatic heterocycles. The van der Waals surface area contributed by atoms with E-state index in [-0.39, 0.29) is 5.75 Å². The first-order chi connectivity index (χ1) is 12.0. The van der Waals surface area contributed by atoms with Crippen molar-refractivity contribution in [1.29, 1.82) is 0 Å². The lowest BCUT2D eigenvalue weighted by Crippen LogP contribution is -2.13. The lowest BCUT2D eigenvalue weighted by Gasteiger charge is -2.10. The van der Waals surface area contributed by atoms with Crippen LogP contribution in [0.3, 0.4) is 0 Å². The third-order valence-corrected chi connectivity index (χ3v) is 4.54. The largest absolute Gasteiger partial charge is 0.508 e. The molecule has 2 heterocycles. The Hall–Kier alpha value is -3.08. The molecule has 2 aromatic heterocycles. The zero-order chi connectivity index (χ0) is 18.0. The van der Waals surface area contributed by atoms with Crippen molar-refractivity contribution < 1.29 is 9.90 Å². The summed E-state index contributed by atoms with van der Waals surface area (Å²) in [6.45, 7) is 4.64. The number of aryl methyl sites for hydroxylation is 1. The average molecular weight is 335 g/mol. The van der Waals surface area contributed by atoms with Crippen molar-refractivity contribution in [3.63, 3.8) is 0 Å². The highest BCUT2D eigenvalue weighted by molar-refractivity contribution is 6.02. The molecule has 3 aromatic rings. The number of aromatic hydroxyl groups is 1. The number of aromatic nitrogens is 2. The molecule has 1 aromatic carbocycles. The summed E-state index contributed by atoms with van der Waals surface area (Å²) in [5.41, 5.74) is 10.9. The number of amides is 1. The summed E-state index contributed by atoms with van der Waals surface area (Å²) in [4.78, 5) is 16.2. The third kappa shape index (κ3) is 3.26. The molecule has 0 radical (unpaired) electrons. The Morgan fingerprint density at radius 3 is 2.48 bits per heavy atom. The summed E-state index contributed by atoms with van der Waals surface area (Å²) in [7, 11) is 0. The maximum atomic E-state index is 12.1. The molecule has 0 spiro atoms. The van der Waals surface area contributed by atoms with E-state index in [0.717, 1.165) is 41.0 Å². The fraction of sp³-hybridized carbons (Fsp3) is 0.200. The van der Waals surface area contributed by atoms with E-state index in [2.05, 4.69) is 9.55 Å².